The van der Waals surface area contributed by atoms with Gasteiger partial charge in [-0.2, -0.15) is 0 Å². The van der Waals surface area contributed by atoms with Crippen LogP contribution in [0.5, 0.6) is 0 Å². The van der Waals surface area contributed by atoms with Crippen LogP contribution in [0.25, 0.3) is 10.8 Å². The first-order valence-electron chi connectivity index (χ1n) is 5.76. The molecule has 82 valence electrons. The van der Waals surface area contributed by atoms with Gasteiger partial charge < -0.3 is 5.32 Å². The van der Waals surface area contributed by atoms with E-state index in [9.17, 15) is 0 Å². The Kier molecular flexibility index (Phi) is 2.60. The van der Waals surface area contributed by atoms with Gasteiger partial charge in [-0.05, 0) is 36.3 Å². The largest absolute Gasteiger partial charge is 0.384 e. The second-order valence-electron chi connectivity index (χ2n) is 4.46. The van der Waals surface area contributed by atoms with Gasteiger partial charge in [0.2, 0.25) is 0 Å². The molecule has 1 nitrogen and oxygen atoms in total. The number of nitrogens with one attached hydrogen (secondary N) is 1. The fourth-order valence-corrected chi connectivity index (χ4v) is 2.50. The lowest BCUT2D eigenvalue weighted by Gasteiger charge is -2.09. The van der Waals surface area contributed by atoms with Gasteiger partial charge in [0.25, 0.3) is 0 Å². The van der Waals surface area contributed by atoms with Gasteiger partial charge in [-0.1, -0.05) is 40.2 Å². The minimum absolute atomic E-state index is 0.905. The van der Waals surface area contributed by atoms with E-state index in [1.54, 1.807) is 0 Å². The molecular formula is C14H14BrN. The molecule has 1 saturated carbocycles. The van der Waals surface area contributed by atoms with Crippen molar-refractivity contribution in [3.63, 3.8) is 0 Å². The van der Waals surface area contributed by atoms with E-state index in [1.165, 1.54) is 33.8 Å². The molecule has 0 amide bonds. The van der Waals surface area contributed by atoms with Gasteiger partial charge in [-0.25, -0.2) is 0 Å². The van der Waals surface area contributed by atoms with Crippen molar-refractivity contribution in [1.29, 1.82) is 0 Å². The molecule has 0 saturated heterocycles. The second-order valence-corrected chi connectivity index (χ2v) is 5.32. The average Bonchev–Trinajstić information content (AvgIpc) is 3.11. The summed E-state index contributed by atoms with van der Waals surface area (Å²) in [7, 11) is 0. The summed E-state index contributed by atoms with van der Waals surface area (Å²) in [4.78, 5) is 0. The van der Waals surface area contributed by atoms with E-state index in [0.29, 0.717) is 0 Å². The van der Waals surface area contributed by atoms with E-state index in [2.05, 4.69) is 57.6 Å². The smallest absolute Gasteiger partial charge is 0.0420 e. The molecule has 0 radical (unpaired) electrons. The number of benzene rings is 2. The molecule has 0 spiro atoms. The van der Waals surface area contributed by atoms with Crippen molar-refractivity contribution in [2.45, 2.75) is 12.8 Å². The van der Waals surface area contributed by atoms with E-state index in [0.717, 1.165) is 12.5 Å². The third-order valence-electron chi connectivity index (χ3n) is 3.15. The van der Waals surface area contributed by atoms with E-state index in [-0.39, 0.29) is 0 Å². The molecule has 0 atom stereocenters. The predicted octanol–water partition coefficient (Wildman–Crippen LogP) is 4.42. The third-order valence-corrected chi connectivity index (χ3v) is 3.84. The summed E-state index contributed by atoms with van der Waals surface area (Å²) in [5.74, 6) is 0.905. The number of hydrogen-bond donors (Lipinski definition) is 1. The summed E-state index contributed by atoms with van der Waals surface area (Å²) in [5.41, 5.74) is 1.26. The van der Waals surface area contributed by atoms with Crippen LogP contribution in [-0.2, 0) is 0 Å². The molecule has 3 rings (SSSR count). The van der Waals surface area contributed by atoms with Crippen LogP contribution in [0.15, 0.2) is 40.9 Å². The molecule has 1 aliphatic rings. The SMILES string of the molecule is Brc1cccc2c(NCC3CC3)cccc12. The van der Waals surface area contributed by atoms with Crippen LogP contribution in [0.1, 0.15) is 12.8 Å². The minimum Gasteiger partial charge on any atom is -0.384 e. The molecule has 1 N–H and O–H groups in total. The van der Waals surface area contributed by atoms with Crippen LogP contribution in [-0.4, -0.2) is 6.54 Å². The Morgan fingerprint density at radius 3 is 2.62 bits per heavy atom. The highest BCUT2D eigenvalue weighted by Crippen LogP contribution is 2.32. The topological polar surface area (TPSA) is 12.0 Å². The van der Waals surface area contributed by atoms with Gasteiger partial charge in [-0.3, -0.25) is 0 Å². The summed E-state index contributed by atoms with van der Waals surface area (Å²) in [6.07, 6.45) is 2.78. The van der Waals surface area contributed by atoms with Crippen molar-refractivity contribution in [1.82, 2.24) is 0 Å². The molecule has 0 unspecified atom stereocenters. The zero-order valence-corrected chi connectivity index (χ0v) is 10.6. The summed E-state index contributed by atoms with van der Waals surface area (Å²) >= 11 is 3.60. The van der Waals surface area contributed by atoms with Crippen LogP contribution in [0.3, 0.4) is 0 Å². The maximum Gasteiger partial charge on any atom is 0.0420 e. The Balaban J connectivity index is 1.99. The molecule has 0 heterocycles. The Hall–Kier alpha value is -1.02. The Labute approximate surface area is 104 Å². The minimum atomic E-state index is 0.905. The van der Waals surface area contributed by atoms with Crippen molar-refractivity contribution < 1.29 is 0 Å². The predicted molar refractivity (Wildman–Crippen MR) is 72.9 cm³/mol. The first-order chi connectivity index (χ1) is 7.84. The van der Waals surface area contributed by atoms with Crippen LogP contribution < -0.4 is 5.32 Å². The first kappa shape index (κ1) is 10.2. The van der Waals surface area contributed by atoms with Gasteiger partial charge in [0.05, 0.1) is 0 Å². The highest BCUT2D eigenvalue weighted by molar-refractivity contribution is 9.10. The van der Waals surface area contributed by atoms with Gasteiger partial charge in [-0.15, -0.1) is 0 Å². The third kappa shape index (κ3) is 1.94. The fourth-order valence-electron chi connectivity index (χ4n) is 2.00. The molecule has 16 heavy (non-hydrogen) atoms. The molecule has 2 aromatic rings. The Morgan fingerprint density at radius 2 is 1.81 bits per heavy atom. The molecule has 2 heteroatoms. The van der Waals surface area contributed by atoms with Crippen molar-refractivity contribution >= 4 is 32.4 Å². The number of fused-ring (bicyclic) bond motifs is 1. The van der Waals surface area contributed by atoms with Crippen molar-refractivity contribution in [2.24, 2.45) is 5.92 Å². The zero-order chi connectivity index (χ0) is 11.0. The van der Waals surface area contributed by atoms with Gasteiger partial charge >= 0.3 is 0 Å². The van der Waals surface area contributed by atoms with E-state index < -0.39 is 0 Å². The van der Waals surface area contributed by atoms with E-state index in [4.69, 9.17) is 0 Å². The van der Waals surface area contributed by atoms with Crippen molar-refractivity contribution in [2.75, 3.05) is 11.9 Å². The van der Waals surface area contributed by atoms with Crippen LogP contribution in [0, 0.1) is 5.92 Å². The van der Waals surface area contributed by atoms with Crippen LogP contribution in [0.2, 0.25) is 0 Å². The lowest BCUT2D eigenvalue weighted by Crippen LogP contribution is -2.03. The number of halogens is 1. The van der Waals surface area contributed by atoms with Gasteiger partial charge in [0, 0.05) is 22.1 Å². The van der Waals surface area contributed by atoms with Crippen LogP contribution in [0.4, 0.5) is 5.69 Å². The average molecular weight is 276 g/mol. The van der Waals surface area contributed by atoms with Crippen molar-refractivity contribution in [3.05, 3.63) is 40.9 Å². The Morgan fingerprint density at radius 1 is 1.06 bits per heavy atom. The monoisotopic (exact) mass is 275 g/mol. The number of anilines is 1. The summed E-state index contributed by atoms with van der Waals surface area (Å²) < 4.78 is 1.17. The summed E-state index contributed by atoms with van der Waals surface area (Å²) in [6, 6.07) is 12.8. The number of rotatable bonds is 3. The highest BCUT2D eigenvalue weighted by atomic mass is 79.9. The lowest BCUT2D eigenvalue weighted by atomic mass is 10.1. The lowest BCUT2D eigenvalue weighted by molar-refractivity contribution is 0.890. The van der Waals surface area contributed by atoms with Gasteiger partial charge in [0.15, 0.2) is 0 Å². The maximum atomic E-state index is 3.60. The standard InChI is InChI=1S/C14H14BrN/c15-13-5-1-4-12-11(13)3-2-6-14(12)16-9-10-7-8-10/h1-6,10,16H,7-9H2. The maximum absolute atomic E-state index is 3.60. The molecule has 0 aliphatic heterocycles. The van der Waals surface area contributed by atoms with E-state index >= 15 is 0 Å². The molecule has 0 bridgehead atoms. The highest BCUT2D eigenvalue weighted by Gasteiger charge is 2.20. The number of hydrogen-bond acceptors (Lipinski definition) is 1. The molecule has 1 fully saturated rings. The van der Waals surface area contributed by atoms with E-state index in [1.807, 2.05) is 0 Å². The molecular weight excluding hydrogens is 262 g/mol. The molecule has 2 aromatic carbocycles. The molecule has 1 aliphatic carbocycles. The quantitative estimate of drug-likeness (QED) is 0.874. The second kappa shape index (κ2) is 4.10. The van der Waals surface area contributed by atoms with Gasteiger partial charge in [0.1, 0.15) is 0 Å². The summed E-state index contributed by atoms with van der Waals surface area (Å²) in [5, 5.41) is 6.14. The van der Waals surface area contributed by atoms with Crippen molar-refractivity contribution in [3.8, 4) is 0 Å². The normalized spacial score (nSPS) is 15.3. The Bertz CT molecular complexity index is 517. The fraction of sp³-hybridized carbons (Fsp3) is 0.286. The first-order valence-corrected chi connectivity index (χ1v) is 6.55. The zero-order valence-electron chi connectivity index (χ0n) is 9.04. The van der Waals surface area contributed by atoms with Crippen LogP contribution >= 0.6 is 15.9 Å². The molecule has 0 aromatic heterocycles. The summed E-state index contributed by atoms with van der Waals surface area (Å²) in [6.45, 7) is 1.12.